The highest BCUT2D eigenvalue weighted by molar-refractivity contribution is 4.93. The third kappa shape index (κ3) is 9.69. The Balaban J connectivity index is 4.20. The van der Waals surface area contributed by atoms with Crippen LogP contribution in [0.5, 0.6) is 0 Å². The first-order valence-corrected chi connectivity index (χ1v) is 7.08. The van der Waals surface area contributed by atoms with Gasteiger partial charge < -0.3 is 9.47 Å². The third-order valence-electron chi connectivity index (χ3n) is 3.06. The minimum Gasteiger partial charge on any atom is -0.352 e. The normalized spacial score (nSPS) is 15.4. The van der Waals surface area contributed by atoms with Crippen molar-refractivity contribution in [2.24, 2.45) is 5.92 Å². The van der Waals surface area contributed by atoms with Crippen LogP contribution in [0.4, 0.5) is 0 Å². The zero-order chi connectivity index (χ0) is 14.7. The molecule has 2 heteroatoms. The van der Waals surface area contributed by atoms with E-state index in [-0.39, 0.29) is 12.4 Å². The van der Waals surface area contributed by atoms with Crippen molar-refractivity contribution in [2.45, 2.75) is 58.8 Å². The maximum absolute atomic E-state index is 5.86. The van der Waals surface area contributed by atoms with E-state index >= 15 is 0 Å². The Kier molecular flexibility index (Phi) is 10.5. The molecule has 0 bridgehead atoms. The monoisotopic (exact) mass is 266 g/mol. The smallest absolute Gasteiger partial charge is 0.176 e. The molecule has 0 aliphatic heterocycles. The predicted molar refractivity (Wildman–Crippen MR) is 83.1 cm³/mol. The number of hydrogen-bond acceptors (Lipinski definition) is 2. The van der Waals surface area contributed by atoms with Crippen molar-refractivity contribution in [1.82, 2.24) is 0 Å². The van der Waals surface area contributed by atoms with E-state index in [0.29, 0.717) is 5.92 Å². The molecule has 0 aliphatic carbocycles. The highest BCUT2D eigenvalue weighted by Crippen LogP contribution is 2.19. The van der Waals surface area contributed by atoms with Gasteiger partial charge in [-0.25, -0.2) is 0 Å². The Morgan fingerprint density at radius 2 is 1.95 bits per heavy atom. The van der Waals surface area contributed by atoms with Crippen molar-refractivity contribution in [2.75, 3.05) is 7.11 Å². The van der Waals surface area contributed by atoms with Gasteiger partial charge in [-0.2, -0.15) is 0 Å². The molecule has 0 amide bonds. The summed E-state index contributed by atoms with van der Waals surface area (Å²) in [5, 5.41) is 0. The maximum Gasteiger partial charge on any atom is 0.176 e. The second-order valence-electron chi connectivity index (χ2n) is 5.32. The Morgan fingerprint density at radius 3 is 2.42 bits per heavy atom. The fourth-order valence-corrected chi connectivity index (χ4v) is 2.01. The largest absolute Gasteiger partial charge is 0.352 e. The zero-order valence-corrected chi connectivity index (χ0v) is 13.0. The van der Waals surface area contributed by atoms with Gasteiger partial charge >= 0.3 is 0 Å². The molecule has 2 nitrogen and oxygen atoms in total. The van der Waals surface area contributed by atoms with Gasteiger partial charge in [0.15, 0.2) is 6.29 Å². The standard InChI is InChI=1S/C17H30O2/c1-7-10-16(19-17(8-2)18-6)13-15(5)12-9-11-14(3)4/h7-8,11,15-17H,1-2,9-10,12-13H2,3-6H3/t15-,16-,17?/m0/s1. The predicted octanol–water partition coefficient (Wildman–Crippen LogP) is 4.88. The van der Waals surface area contributed by atoms with Crippen LogP contribution in [0.2, 0.25) is 0 Å². The molecule has 110 valence electrons. The lowest BCUT2D eigenvalue weighted by Gasteiger charge is -2.23. The summed E-state index contributed by atoms with van der Waals surface area (Å²) in [5.74, 6) is 0.628. The Labute approximate surface area is 119 Å². The van der Waals surface area contributed by atoms with Crippen LogP contribution in [0.3, 0.4) is 0 Å². The van der Waals surface area contributed by atoms with E-state index < -0.39 is 0 Å². The van der Waals surface area contributed by atoms with Crippen LogP contribution in [0.25, 0.3) is 0 Å². The Hall–Kier alpha value is -0.860. The lowest BCUT2D eigenvalue weighted by molar-refractivity contribution is -0.129. The summed E-state index contributed by atoms with van der Waals surface area (Å²) in [7, 11) is 1.63. The van der Waals surface area contributed by atoms with Crippen LogP contribution in [0.1, 0.15) is 46.5 Å². The van der Waals surface area contributed by atoms with Crippen molar-refractivity contribution in [3.63, 3.8) is 0 Å². The molecule has 0 fully saturated rings. The second-order valence-corrected chi connectivity index (χ2v) is 5.32. The molecule has 0 heterocycles. The van der Waals surface area contributed by atoms with Gasteiger partial charge in [0.05, 0.1) is 6.10 Å². The number of hydrogen-bond donors (Lipinski definition) is 0. The van der Waals surface area contributed by atoms with E-state index in [9.17, 15) is 0 Å². The number of ether oxygens (including phenoxy) is 2. The molecule has 0 spiro atoms. The van der Waals surface area contributed by atoms with Crippen LogP contribution in [0.15, 0.2) is 37.0 Å². The molecule has 1 unspecified atom stereocenters. The van der Waals surface area contributed by atoms with Crippen LogP contribution < -0.4 is 0 Å². The fourth-order valence-electron chi connectivity index (χ4n) is 2.01. The third-order valence-corrected chi connectivity index (χ3v) is 3.06. The Bertz CT molecular complexity index is 277. The molecule has 0 aromatic rings. The molecular formula is C17H30O2. The fraction of sp³-hybridized carbons (Fsp3) is 0.647. The number of methoxy groups -OCH3 is 1. The lowest BCUT2D eigenvalue weighted by Crippen LogP contribution is -2.23. The van der Waals surface area contributed by atoms with Gasteiger partial charge in [-0.15, -0.1) is 6.58 Å². The summed E-state index contributed by atoms with van der Waals surface area (Å²) in [4.78, 5) is 0. The quantitative estimate of drug-likeness (QED) is 0.392. The van der Waals surface area contributed by atoms with E-state index in [1.165, 1.54) is 12.0 Å². The highest BCUT2D eigenvalue weighted by Gasteiger charge is 2.16. The van der Waals surface area contributed by atoms with Crippen molar-refractivity contribution < 1.29 is 9.47 Å². The average molecular weight is 266 g/mol. The molecule has 0 radical (unpaired) electrons. The van der Waals surface area contributed by atoms with E-state index in [4.69, 9.17) is 9.47 Å². The first kappa shape index (κ1) is 18.1. The second kappa shape index (κ2) is 11.0. The lowest BCUT2D eigenvalue weighted by atomic mass is 9.96. The van der Waals surface area contributed by atoms with Gasteiger partial charge in [0.2, 0.25) is 0 Å². The summed E-state index contributed by atoms with van der Waals surface area (Å²) in [6.45, 7) is 14.1. The molecule has 0 N–H and O–H groups in total. The summed E-state index contributed by atoms with van der Waals surface area (Å²) >= 11 is 0. The molecule has 19 heavy (non-hydrogen) atoms. The van der Waals surface area contributed by atoms with Crippen molar-refractivity contribution >= 4 is 0 Å². The van der Waals surface area contributed by atoms with E-state index in [0.717, 1.165) is 19.3 Å². The van der Waals surface area contributed by atoms with Crippen LogP contribution in [0, 0.1) is 5.92 Å². The number of allylic oxidation sites excluding steroid dienone is 2. The van der Waals surface area contributed by atoms with Gasteiger partial charge in [0.1, 0.15) is 0 Å². The topological polar surface area (TPSA) is 18.5 Å². The van der Waals surface area contributed by atoms with Gasteiger partial charge in [0, 0.05) is 7.11 Å². The zero-order valence-electron chi connectivity index (χ0n) is 13.0. The van der Waals surface area contributed by atoms with Crippen LogP contribution in [-0.4, -0.2) is 19.5 Å². The van der Waals surface area contributed by atoms with Gasteiger partial charge in [0.25, 0.3) is 0 Å². The van der Waals surface area contributed by atoms with Gasteiger partial charge in [-0.3, -0.25) is 0 Å². The minimum absolute atomic E-state index is 0.155. The molecule has 0 saturated carbocycles. The first-order valence-electron chi connectivity index (χ1n) is 7.08. The maximum atomic E-state index is 5.86. The molecule has 0 rings (SSSR count). The molecule has 0 saturated heterocycles. The summed E-state index contributed by atoms with van der Waals surface area (Å²) in [5.41, 5.74) is 1.39. The van der Waals surface area contributed by atoms with E-state index in [1.54, 1.807) is 13.2 Å². The van der Waals surface area contributed by atoms with Crippen LogP contribution in [-0.2, 0) is 9.47 Å². The summed E-state index contributed by atoms with van der Waals surface area (Å²) in [6, 6.07) is 0. The van der Waals surface area contributed by atoms with E-state index in [1.807, 2.05) is 6.08 Å². The SMILES string of the molecule is C=CC[C@@H](C[C@@H](C)CCC=C(C)C)OC(C=C)OC. The minimum atomic E-state index is -0.324. The highest BCUT2D eigenvalue weighted by atomic mass is 16.7. The molecule has 0 aliphatic rings. The molecule has 0 aromatic carbocycles. The Morgan fingerprint density at radius 1 is 1.26 bits per heavy atom. The van der Waals surface area contributed by atoms with E-state index in [2.05, 4.69) is 40.0 Å². The van der Waals surface area contributed by atoms with Crippen molar-refractivity contribution in [1.29, 1.82) is 0 Å². The van der Waals surface area contributed by atoms with Crippen molar-refractivity contribution in [3.8, 4) is 0 Å². The average Bonchev–Trinajstić information content (AvgIpc) is 2.35. The van der Waals surface area contributed by atoms with Gasteiger partial charge in [-0.05, 0) is 51.5 Å². The van der Waals surface area contributed by atoms with Crippen LogP contribution >= 0.6 is 0 Å². The summed E-state index contributed by atoms with van der Waals surface area (Å²) < 4.78 is 11.0. The number of rotatable bonds is 11. The first-order chi connectivity index (χ1) is 9.03. The van der Waals surface area contributed by atoms with Crippen molar-refractivity contribution in [3.05, 3.63) is 37.0 Å². The molecule has 3 atom stereocenters. The van der Waals surface area contributed by atoms with Gasteiger partial charge in [-0.1, -0.05) is 31.2 Å². The summed E-state index contributed by atoms with van der Waals surface area (Å²) in [6.07, 6.45) is 9.91. The molecule has 0 aromatic heterocycles. The molecular weight excluding hydrogens is 236 g/mol.